The predicted octanol–water partition coefficient (Wildman–Crippen LogP) is 3.27. The molecule has 0 radical (unpaired) electrons. The van der Waals surface area contributed by atoms with Gasteiger partial charge in [0.25, 0.3) is 0 Å². The van der Waals surface area contributed by atoms with E-state index >= 15 is 0 Å². The third-order valence-electron chi connectivity index (χ3n) is 2.66. The molecule has 2 N–H and O–H groups in total. The standard InChI is InChI=1S/C16H24N2O3S/c1-16(2,3)21-15(20)18-13(10-11-22-4)14(19)17-12-8-6-5-7-9-12/h5-9,13H,10-11H2,1-4H3,(H,17,19)(H,18,20). The topological polar surface area (TPSA) is 67.4 Å². The first-order valence-corrected chi connectivity index (χ1v) is 8.55. The molecule has 0 aliphatic heterocycles. The number of hydrogen-bond acceptors (Lipinski definition) is 4. The normalized spacial score (nSPS) is 12.4. The van der Waals surface area contributed by atoms with Crippen molar-refractivity contribution in [1.82, 2.24) is 5.32 Å². The summed E-state index contributed by atoms with van der Waals surface area (Å²) in [6.07, 6.45) is 1.92. The molecule has 0 saturated carbocycles. The molecule has 0 aliphatic rings. The second kappa shape index (κ2) is 8.68. The van der Waals surface area contributed by atoms with Gasteiger partial charge in [0.1, 0.15) is 11.6 Å². The number of nitrogens with one attached hydrogen (secondary N) is 2. The lowest BCUT2D eigenvalue weighted by molar-refractivity contribution is -0.118. The molecule has 0 bridgehead atoms. The highest BCUT2D eigenvalue weighted by Gasteiger charge is 2.24. The van der Waals surface area contributed by atoms with Crippen LogP contribution in [0.4, 0.5) is 10.5 Å². The maximum atomic E-state index is 12.3. The Morgan fingerprint density at radius 1 is 1.23 bits per heavy atom. The molecule has 0 heterocycles. The highest BCUT2D eigenvalue weighted by Crippen LogP contribution is 2.10. The van der Waals surface area contributed by atoms with Gasteiger partial charge in [0.05, 0.1) is 0 Å². The van der Waals surface area contributed by atoms with Crippen molar-refractivity contribution >= 4 is 29.4 Å². The Morgan fingerprint density at radius 2 is 1.86 bits per heavy atom. The highest BCUT2D eigenvalue weighted by atomic mass is 32.2. The predicted molar refractivity (Wildman–Crippen MR) is 91.2 cm³/mol. The van der Waals surface area contributed by atoms with Crippen molar-refractivity contribution in [3.63, 3.8) is 0 Å². The monoisotopic (exact) mass is 324 g/mol. The first-order chi connectivity index (χ1) is 10.3. The molecule has 1 aromatic carbocycles. The molecule has 1 aromatic rings. The summed E-state index contributed by atoms with van der Waals surface area (Å²) in [6, 6.07) is 8.54. The molecule has 22 heavy (non-hydrogen) atoms. The molecule has 2 amide bonds. The van der Waals surface area contributed by atoms with Crippen molar-refractivity contribution in [3.05, 3.63) is 30.3 Å². The van der Waals surface area contributed by atoms with Crippen LogP contribution in [0.1, 0.15) is 27.2 Å². The largest absolute Gasteiger partial charge is 0.444 e. The molecule has 1 atom stereocenters. The summed E-state index contributed by atoms with van der Waals surface area (Å²) in [5.41, 5.74) is 0.108. The zero-order valence-electron chi connectivity index (χ0n) is 13.5. The first-order valence-electron chi connectivity index (χ1n) is 7.16. The fraction of sp³-hybridized carbons (Fsp3) is 0.500. The average Bonchev–Trinajstić information content (AvgIpc) is 2.42. The smallest absolute Gasteiger partial charge is 0.408 e. The number of rotatable bonds is 6. The summed E-state index contributed by atoms with van der Waals surface area (Å²) in [6.45, 7) is 5.36. The number of anilines is 1. The minimum atomic E-state index is -0.623. The quantitative estimate of drug-likeness (QED) is 0.843. The zero-order chi connectivity index (χ0) is 16.6. The van der Waals surface area contributed by atoms with Gasteiger partial charge >= 0.3 is 6.09 Å². The minimum absolute atomic E-state index is 0.244. The van der Waals surface area contributed by atoms with Gasteiger partial charge in [-0.25, -0.2) is 4.79 Å². The van der Waals surface area contributed by atoms with Gasteiger partial charge in [0.15, 0.2) is 0 Å². The van der Waals surface area contributed by atoms with Crippen molar-refractivity contribution < 1.29 is 14.3 Å². The second-order valence-electron chi connectivity index (χ2n) is 5.84. The molecule has 122 valence electrons. The van der Waals surface area contributed by atoms with Crippen molar-refractivity contribution in [2.75, 3.05) is 17.3 Å². The Kier molecular flexibility index (Phi) is 7.24. The van der Waals surface area contributed by atoms with Crippen LogP contribution >= 0.6 is 11.8 Å². The number of amides is 2. The van der Waals surface area contributed by atoms with Crippen LogP contribution in [-0.2, 0) is 9.53 Å². The summed E-state index contributed by atoms with van der Waals surface area (Å²) in [5, 5.41) is 5.44. The lowest BCUT2D eigenvalue weighted by atomic mass is 10.2. The second-order valence-corrected chi connectivity index (χ2v) is 6.82. The maximum absolute atomic E-state index is 12.3. The molecule has 0 spiro atoms. The fourth-order valence-corrected chi connectivity index (χ4v) is 2.18. The molecule has 0 aromatic heterocycles. The first kappa shape index (κ1) is 18.4. The average molecular weight is 324 g/mol. The van der Waals surface area contributed by atoms with Crippen LogP contribution in [0.2, 0.25) is 0 Å². The number of carbonyl (C=O) groups is 2. The van der Waals surface area contributed by atoms with Crippen molar-refractivity contribution in [2.45, 2.75) is 38.8 Å². The third kappa shape index (κ3) is 7.36. The SMILES string of the molecule is CSCCC(NC(=O)OC(C)(C)C)C(=O)Nc1ccccc1. The van der Waals surface area contributed by atoms with E-state index < -0.39 is 17.7 Å². The van der Waals surface area contributed by atoms with Crippen LogP contribution in [0.15, 0.2) is 30.3 Å². The van der Waals surface area contributed by atoms with Gasteiger partial charge < -0.3 is 15.4 Å². The van der Waals surface area contributed by atoms with E-state index in [9.17, 15) is 9.59 Å². The number of alkyl carbamates (subject to hydrolysis) is 1. The fourth-order valence-electron chi connectivity index (χ4n) is 1.71. The van der Waals surface area contributed by atoms with E-state index in [1.54, 1.807) is 44.7 Å². The molecule has 0 aliphatic carbocycles. The minimum Gasteiger partial charge on any atom is -0.444 e. The third-order valence-corrected chi connectivity index (χ3v) is 3.30. The van der Waals surface area contributed by atoms with Gasteiger partial charge in [0.2, 0.25) is 5.91 Å². The molecule has 0 fully saturated rings. The van der Waals surface area contributed by atoms with Crippen LogP contribution < -0.4 is 10.6 Å². The lowest BCUT2D eigenvalue weighted by Gasteiger charge is -2.23. The van der Waals surface area contributed by atoms with Gasteiger partial charge in [0, 0.05) is 5.69 Å². The van der Waals surface area contributed by atoms with E-state index in [1.165, 1.54) is 0 Å². The van der Waals surface area contributed by atoms with Gasteiger partial charge in [-0.3, -0.25) is 4.79 Å². The number of carbonyl (C=O) groups excluding carboxylic acids is 2. The molecular weight excluding hydrogens is 300 g/mol. The van der Waals surface area contributed by atoms with Crippen LogP contribution in [0.3, 0.4) is 0 Å². The van der Waals surface area contributed by atoms with Gasteiger partial charge in [-0.2, -0.15) is 11.8 Å². The summed E-state index contributed by atoms with van der Waals surface area (Å²) in [4.78, 5) is 24.2. The molecule has 1 rings (SSSR count). The van der Waals surface area contributed by atoms with Gasteiger partial charge in [-0.05, 0) is 51.3 Å². The molecule has 5 nitrogen and oxygen atoms in total. The maximum Gasteiger partial charge on any atom is 0.408 e. The lowest BCUT2D eigenvalue weighted by Crippen LogP contribution is -2.46. The Hall–Kier alpha value is -1.69. The van der Waals surface area contributed by atoms with E-state index in [4.69, 9.17) is 4.74 Å². The van der Waals surface area contributed by atoms with Crippen LogP contribution in [0.25, 0.3) is 0 Å². The van der Waals surface area contributed by atoms with E-state index in [1.807, 2.05) is 24.5 Å². The number of thioether (sulfide) groups is 1. The highest BCUT2D eigenvalue weighted by molar-refractivity contribution is 7.98. The van der Waals surface area contributed by atoms with Crippen molar-refractivity contribution in [2.24, 2.45) is 0 Å². The zero-order valence-corrected chi connectivity index (χ0v) is 14.3. The Morgan fingerprint density at radius 3 is 2.41 bits per heavy atom. The van der Waals surface area contributed by atoms with E-state index in [2.05, 4.69) is 10.6 Å². The van der Waals surface area contributed by atoms with E-state index in [0.717, 1.165) is 5.75 Å². The van der Waals surface area contributed by atoms with Crippen molar-refractivity contribution in [1.29, 1.82) is 0 Å². The number of ether oxygens (including phenoxy) is 1. The summed E-state index contributed by atoms with van der Waals surface area (Å²) < 4.78 is 5.21. The van der Waals surface area contributed by atoms with E-state index in [-0.39, 0.29) is 5.91 Å². The molecule has 0 saturated heterocycles. The number of hydrogen-bond donors (Lipinski definition) is 2. The molecule has 1 unspecified atom stereocenters. The van der Waals surface area contributed by atoms with Gasteiger partial charge in [-0.15, -0.1) is 0 Å². The Labute approximate surface area is 136 Å². The Balaban J connectivity index is 2.66. The van der Waals surface area contributed by atoms with Gasteiger partial charge in [-0.1, -0.05) is 18.2 Å². The Bertz CT molecular complexity index is 486. The van der Waals surface area contributed by atoms with Crippen molar-refractivity contribution in [3.8, 4) is 0 Å². The summed E-state index contributed by atoms with van der Waals surface area (Å²) in [7, 11) is 0. The van der Waals surface area contributed by atoms with E-state index in [0.29, 0.717) is 12.1 Å². The summed E-state index contributed by atoms with van der Waals surface area (Å²) >= 11 is 1.62. The summed E-state index contributed by atoms with van der Waals surface area (Å²) in [5.74, 6) is 0.522. The molecule has 6 heteroatoms. The number of benzene rings is 1. The molecular formula is C16H24N2O3S. The number of para-hydroxylation sites is 1. The van der Waals surface area contributed by atoms with Crippen LogP contribution in [0.5, 0.6) is 0 Å². The van der Waals surface area contributed by atoms with Crippen LogP contribution in [0, 0.1) is 0 Å². The van der Waals surface area contributed by atoms with Crippen LogP contribution in [-0.4, -0.2) is 35.7 Å².